The fourth-order valence-corrected chi connectivity index (χ4v) is 4.20. The third-order valence-electron chi connectivity index (χ3n) is 2.90. The van der Waals surface area contributed by atoms with E-state index in [0.717, 1.165) is 27.3 Å². The van der Waals surface area contributed by atoms with Gasteiger partial charge in [0, 0.05) is 45.4 Å². The van der Waals surface area contributed by atoms with Gasteiger partial charge < -0.3 is 5.73 Å². The van der Waals surface area contributed by atoms with E-state index < -0.39 is 0 Å². The first-order valence-corrected chi connectivity index (χ1v) is 8.92. The molecular formula is C14H14BrN3S2. The molecule has 0 saturated carbocycles. The van der Waals surface area contributed by atoms with E-state index in [9.17, 15) is 0 Å². The normalized spacial score (nSPS) is 12.9. The van der Waals surface area contributed by atoms with Gasteiger partial charge in [-0.3, -0.25) is 4.40 Å². The van der Waals surface area contributed by atoms with Crippen LogP contribution in [0.5, 0.6) is 0 Å². The maximum atomic E-state index is 6.21. The van der Waals surface area contributed by atoms with Crippen LogP contribution >= 0.6 is 39.0 Å². The molecule has 1 atom stereocenters. The van der Waals surface area contributed by atoms with Gasteiger partial charge in [0.05, 0.1) is 5.69 Å². The lowest BCUT2D eigenvalue weighted by molar-refractivity contribution is 0.736. The monoisotopic (exact) mass is 367 g/mol. The lowest BCUT2D eigenvalue weighted by atomic mass is 10.2. The Morgan fingerprint density at radius 3 is 3.05 bits per heavy atom. The van der Waals surface area contributed by atoms with E-state index in [2.05, 4.69) is 39.2 Å². The summed E-state index contributed by atoms with van der Waals surface area (Å²) in [5.74, 6) is 0.883. The third-order valence-corrected chi connectivity index (χ3v) is 5.89. The Morgan fingerprint density at radius 1 is 1.40 bits per heavy atom. The Balaban J connectivity index is 1.58. The summed E-state index contributed by atoms with van der Waals surface area (Å²) in [4.78, 5) is 6.83. The lowest BCUT2D eigenvalue weighted by Crippen LogP contribution is -2.25. The highest BCUT2D eigenvalue weighted by molar-refractivity contribution is 9.10. The summed E-state index contributed by atoms with van der Waals surface area (Å²) in [6.45, 7) is 0. The minimum Gasteiger partial charge on any atom is -0.327 e. The third kappa shape index (κ3) is 3.25. The highest BCUT2D eigenvalue weighted by atomic mass is 79.9. The van der Waals surface area contributed by atoms with Gasteiger partial charge in [0.1, 0.15) is 0 Å². The van der Waals surface area contributed by atoms with Gasteiger partial charge in [-0.25, -0.2) is 4.98 Å². The molecule has 1 aromatic carbocycles. The van der Waals surface area contributed by atoms with Gasteiger partial charge in [0.15, 0.2) is 4.96 Å². The van der Waals surface area contributed by atoms with Crippen molar-refractivity contribution in [3.63, 3.8) is 0 Å². The van der Waals surface area contributed by atoms with E-state index in [-0.39, 0.29) is 6.04 Å². The van der Waals surface area contributed by atoms with Gasteiger partial charge in [-0.15, -0.1) is 23.1 Å². The molecule has 0 aliphatic rings. The molecule has 0 bridgehead atoms. The van der Waals surface area contributed by atoms with Crippen molar-refractivity contribution in [3.05, 3.63) is 52.2 Å². The molecule has 20 heavy (non-hydrogen) atoms. The van der Waals surface area contributed by atoms with Gasteiger partial charge in [0.25, 0.3) is 0 Å². The van der Waals surface area contributed by atoms with Gasteiger partial charge in [-0.1, -0.05) is 12.1 Å². The number of fused-ring (bicyclic) bond motifs is 1. The standard InChI is InChI=1S/C14H14BrN3S2/c15-12-3-1-2-4-13(12)20-9-10(16)7-11-8-18-5-6-19-14(18)17-11/h1-6,8,10H,7,9,16H2. The van der Waals surface area contributed by atoms with Crippen LogP contribution in [0.4, 0.5) is 0 Å². The molecule has 2 aromatic heterocycles. The molecular weight excluding hydrogens is 354 g/mol. The number of thioether (sulfide) groups is 1. The minimum atomic E-state index is 0.108. The van der Waals surface area contributed by atoms with Crippen molar-refractivity contribution in [3.8, 4) is 0 Å². The van der Waals surface area contributed by atoms with E-state index in [1.807, 2.05) is 28.1 Å². The number of aromatic nitrogens is 2. The number of nitrogens with zero attached hydrogens (tertiary/aromatic N) is 2. The number of thiazole rings is 1. The Labute approximate surface area is 134 Å². The Hall–Kier alpha value is -0.820. The Morgan fingerprint density at radius 2 is 2.25 bits per heavy atom. The molecule has 1 unspecified atom stereocenters. The summed E-state index contributed by atoms with van der Waals surface area (Å²) >= 11 is 6.98. The molecule has 0 spiro atoms. The summed E-state index contributed by atoms with van der Waals surface area (Å²) in [5, 5.41) is 2.04. The molecule has 6 heteroatoms. The average Bonchev–Trinajstić information content (AvgIpc) is 2.98. The summed E-state index contributed by atoms with van der Waals surface area (Å²) in [6, 6.07) is 8.33. The predicted octanol–water partition coefficient (Wildman–Crippen LogP) is 3.82. The number of hydrogen-bond acceptors (Lipinski definition) is 4. The molecule has 3 aromatic rings. The number of nitrogens with two attached hydrogens (primary N) is 1. The van der Waals surface area contributed by atoms with Crippen molar-refractivity contribution in [2.45, 2.75) is 17.4 Å². The molecule has 2 heterocycles. The fourth-order valence-electron chi connectivity index (χ4n) is 1.96. The van der Waals surface area contributed by atoms with Crippen molar-refractivity contribution in [2.24, 2.45) is 5.73 Å². The second-order valence-corrected chi connectivity index (χ2v) is 7.32. The SMILES string of the molecule is NC(CSc1ccccc1Br)Cc1cn2ccsc2n1. The minimum absolute atomic E-state index is 0.108. The number of imidazole rings is 1. The van der Waals surface area contributed by atoms with E-state index in [4.69, 9.17) is 5.73 Å². The molecule has 3 nitrogen and oxygen atoms in total. The lowest BCUT2D eigenvalue weighted by Gasteiger charge is -2.10. The van der Waals surface area contributed by atoms with Gasteiger partial charge in [-0.2, -0.15) is 0 Å². The van der Waals surface area contributed by atoms with Crippen LogP contribution in [0, 0.1) is 0 Å². The fraction of sp³-hybridized carbons (Fsp3) is 0.214. The molecule has 0 aliphatic carbocycles. The highest BCUT2D eigenvalue weighted by Crippen LogP contribution is 2.27. The van der Waals surface area contributed by atoms with Gasteiger partial charge in [-0.05, 0) is 28.1 Å². The quantitative estimate of drug-likeness (QED) is 0.697. The van der Waals surface area contributed by atoms with Crippen LogP contribution in [-0.4, -0.2) is 21.2 Å². The Bertz CT molecular complexity index is 679. The van der Waals surface area contributed by atoms with Crippen LogP contribution in [0.15, 0.2) is 51.4 Å². The zero-order valence-corrected chi connectivity index (χ0v) is 13.9. The van der Waals surface area contributed by atoms with E-state index in [1.54, 1.807) is 23.1 Å². The number of halogens is 1. The van der Waals surface area contributed by atoms with Crippen LogP contribution in [0.1, 0.15) is 5.69 Å². The molecule has 0 saturated heterocycles. The number of benzene rings is 1. The molecule has 0 aliphatic heterocycles. The van der Waals surface area contributed by atoms with Crippen LogP contribution in [0.25, 0.3) is 4.96 Å². The summed E-state index contributed by atoms with van der Waals surface area (Å²) in [6.07, 6.45) is 4.90. The van der Waals surface area contributed by atoms with E-state index in [0.29, 0.717) is 0 Å². The predicted molar refractivity (Wildman–Crippen MR) is 89.6 cm³/mol. The first-order valence-electron chi connectivity index (χ1n) is 6.26. The summed E-state index contributed by atoms with van der Waals surface area (Å²) in [5.41, 5.74) is 7.28. The van der Waals surface area contributed by atoms with E-state index >= 15 is 0 Å². The van der Waals surface area contributed by atoms with Crippen molar-refractivity contribution in [1.82, 2.24) is 9.38 Å². The molecule has 2 N–H and O–H groups in total. The average molecular weight is 368 g/mol. The topological polar surface area (TPSA) is 43.3 Å². The van der Waals surface area contributed by atoms with Crippen LogP contribution < -0.4 is 5.73 Å². The molecule has 0 fully saturated rings. The summed E-state index contributed by atoms with van der Waals surface area (Å²) < 4.78 is 3.17. The van der Waals surface area contributed by atoms with Crippen LogP contribution in [0.3, 0.4) is 0 Å². The smallest absolute Gasteiger partial charge is 0.193 e. The zero-order chi connectivity index (χ0) is 13.9. The van der Waals surface area contributed by atoms with E-state index in [1.165, 1.54) is 4.90 Å². The first-order chi connectivity index (χ1) is 9.72. The largest absolute Gasteiger partial charge is 0.327 e. The number of hydrogen-bond donors (Lipinski definition) is 1. The van der Waals surface area contributed by atoms with Crippen molar-refractivity contribution >= 4 is 44.0 Å². The molecule has 0 amide bonds. The first kappa shape index (κ1) is 14.1. The summed E-state index contributed by atoms with van der Waals surface area (Å²) in [7, 11) is 0. The van der Waals surface area contributed by atoms with Gasteiger partial charge >= 0.3 is 0 Å². The zero-order valence-electron chi connectivity index (χ0n) is 10.7. The molecule has 3 rings (SSSR count). The Kier molecular flexibility index (Phi) is 4.45. The highest BCUT2D eigenvalue weighted by Gasteiger charge is 2.10. The second-order valence-electron chi connectivity index (χ2n) is 4.53. The van der Waals surface area contributed by atoms with Crippen molar-refractivity contribution in [1.29, 1.82) is 0 Å². The van der Waals surface area contributed by atoms with Crippen molar-refractivity contribution in [2.75, 3.05) is 5.75 Å². The number of rotatable bonds is 5. The second kappa shape index (κ2) is 6.30. The maximum absolute atomic E-state index is 6.21. The maximum Gasteiger partial charge on any atom is 0.193 e. The van der Waals surface area contributed by atoms with Crippen LogP contribution in [0.2, 0.25) is 0 Å². The van der Waals surface area contributed by atoms with Crippen molar-refractivity contribution < 1.29 is 0 Å². The van der Waals surface area contributed by atoms with Crippen LogP contribution in [-0.2, 0) is 6.42 Å². The van der Waals surface area contributed by atoms with Gasteiger partial charge in [0.2, 0.25) is 0 Å². The molecule has 0 radical (unpaired) electrons. The molecule has 104 valence electrons.